The summed E-state index contributed by atoms with van der Waals surface area (Å²) in [7, 11) is 0. The van der Waals surface area contributed by atoms with Gasteiger partial charge < -0.3 is 9.84 Å². The Labute approximate surface area is 104 Å². The van der Waals surface area contributed by atoms with E-state index in [0.717, 1.165) is 24.3 Å². The van der Waals surface area contributed by atoms with Crippen LogP contribution >= 0.6 is 0 Å². The van der Waals surface area contributed by atoms with Crippen molar-refractivity contribution < 1.29 is 9.84 Å². The molecule has 1 heterocycles. The number of nitrogens with zero attached hydrogens (tertiary/aromatic N) is 1. The first-order valence-corrected chi connectivity index (χ1v) is 6.55. The maximum Gasteiger partial charge on any atom is 0.127 e. The Bertz CT molecular complexity index is 302. The van der Waals surface area contributed by atoms with Crippen LogP contribution in [0.15, 0.2) is 18.5 Å². The third-order valence-electron chi connectivity index (χ3n) is 2.78. The standard InChI is InChI=1S/C14H23NO2/c1-2-3-4-5-6-7-10-17-14-8-9-15-11-13(14)12-16/h8-9,11,16H,2-7,10,12H2,1H3. The van der Waals surface area contributed by atoms with E-state index in [1.165, 1.54) is 32.1 Å². The minimum absolute atomic E-state index is 0.0142. The van der Waals surface area contributed by atoms with Gasteiger partial charge in [-0.05, 0) is 12.5 Å². The third-order valence-corrected chi connectivity index (χ3v) is 2.78. The molecule has 0 fully saturated rings. The van der Waals surface area contributed by atoms with E-state index in [1.807, 2.05) is 6.07 Å². The van der Waals surface area contributed by atoms with Crippen molar-refractivity contribution in [3.8, 4) is 5.75 Å². The second kappa shape index (κ2) is 8.99. The molecule has 17 heavy (non-hydrogen) atoms. The van der Waals surface area contributed by atoms with Crippen LogP contribution in [-0.4, -0.2) is 16.7 Å². The lowest BCUT2D eigenvalue weighted by Crippen LogP contribution is -2.00. The van der Waals surface area contributed by atoms with Crippen molar-refractivity contribution in [3.63, 3.8) is 0 Å². The fourth-order valence-electron chi connectivity index (χ4n) is 1.74. The first kappa shape index (κ1) is 14.0. The average molecular weight is 237 g/mol. The molecule has 0 amide bonds. The third kappa shape index (κ3) is 5.68. The molecule has 3 nitrogen and oxygen atoms in total. The van der Waals surface area contributed by atoms with Crippen molar-refractivity contribution in [2.24, 2.45) is 0 Å². The number of ether oxygens (including phenoxy) is 1. The van der Waals surface area contributed by atoms with Crippen LogP contribution < -0.4 is 4.74 Å². The Kier molecular flexibility index (Phi) is 7.39. The van der Waals surface area contributed by atoms with E-state index >= 15 is 0 Å². The van der Waals surface area contributed by atoms with E-state index in [2.05, 4.69) is 11.9 Å². The Hall–Kier alpha value is -1.09. The van der Waals surface area contributed by atoms with Gasteiger partial charge in [0.05, 0.1) is 13.2 Å². The molecule has 3 heteroatoms. The molecule has 0 bridgehead atoms. The zero-order valence-corrected chi connectivity index (χ0v) is 10.7. The van der Waals surface area contributed by atoms with Gasteiger partial charge >= 0.3 is 0 Å². The van der Waals surface area contributed by atoms with Gasteiger partial charge in [-0.1, -0.05) is 39.0 Å². The highest BCUT2D eigenvalue weighted by Gasteiger charge is 2.01. The molecule has 0 saturated carbocycles. The minimum Gasteiger partial charge on any atom is -0.493 e. The van der Waals surface area contributed by atoms with Gasteiger partial charge in [0, 0.05) is 18.0 Å². The van der Waals surface area contributed by atoms with Crippen molar-refractivity contribution in [2.75, 3.05) is 6.61 Å². The molecular weight excluding hydrogens is 214 g/mol. The molecule has 96 valence electrons. The number of hydrogen-bond donors (Lipinski definition) is 1. The molecule has 0 aliphatic heterocycles. The second-order valence-corrected chi connectivity index (χ2v) is 4.26. The van der Waals surface area contributed by atoms with Crippen LogP contribution in [0.25, 0.3) is 0 Å². The number of hydrogen-bond acceptors (Lipinski definition) is 3. The number of aliphatic hydroxyl groups is 1. The summed E-state index contributed by atoms with van der Waals surface area (Å²) in [5.74, 6) is 0.760. The van der Waals surface area contributed by atoms with Gasteiger partial charge in [0.15, 0.2) is 0 Å². The van der Waals surface area contributed by atoms with Crippen LogP contribution in [0, 0.1) is 0 Å². The Morgan fingerprint density at radius 1 is 1.18 bits per heavy atom. The molecule has 0 spiro atoms. The summed E-state index contributed by atoms with van der Waals surface area (Å²) in [6.07, 6.45) is 10.9. The molecule has 0 unspecified atom stereocenters. The van der Waals surface area contributed by atoms with Gasteiger partial charge in [-0.3, -0.25) is 4.98 Å². The predicted octanol–water partition coefficient (Wildman–Crippen LogP) is 3.31. The highest BCUT2D eigenvalue weighted by Crippen LogP contribution is 2.16. The lowest BCUT2D eigenvalue weighted by molar-refractivity contribution is 0.259. The van der Waals surface area contributed by atoms with Crippen LogP contribution in [0.3, 0.4) is 0 Å². The fraction of sp³-hybridized carbons (Fsp3) is 0.643. The van der Waals surface area contributed by atoms with Gasteiger partial charge in [-0.25, -0.2) is 0 Å². The zero-order valence-electron chi connectivity index (χ0n) is 10.7. The molecule has 1 aromatic heterocycles. The van der Waals surface area contributed by atoms with Gasteiger partial charge in [-0.2, -0.15) is 0 Å². The summed E-state index contributed by atoms with van der Waals surface area (Å²) >= 11 is 0. The van der Waals surface area contributed by atoms with Crippen molar-refractivity contribution in [1.29, 1.82) is 0 Å². The molecule has 0 radical (unpaired) electrons. The maximum absolute atomic E-state index is 9.10. The number of unbranched alkanes of at least 4 members (excludes halogenated alkanes) is 5. The van der Waals surface area contributed by atoms with Gasteiger partial charge in [0.2, 0.25) is 0 Å². The van der Waals surface area contributed by atoms with E-state index in [4.69, 9.17) is 9.84 Å². The molecular formula is C14H23NO2. The summed E-state index contributed by atoms with van der Waals surface area (Å²) in [6, 6.07) is 1.81. The second-order valence-electron chi connectivity index (χ2n) is 4.26. The smallest absolute Gasteiger partial charge is 0.127 e. The van der Waals surface area contributed by atoms with E-state index in [9.17, 15) is 0 Å². The quantitative estimate of drug-likeness (QED) is 0.670. The van der Waals surface area contributed by atoms with Gasteiger partial charge in [0.1, 0.15) is 5.75 Å². The number of rotatable bonds is 9. The van der Waals surface area contributed by atoms with Crippen LogP contribution in [-0.2, 0) is 6.61 Å². The first-order valence-electron chi connectivity index (χ1n) is 6.55. The molecule has 0 aliphatic carbocycles. The molecule has 1 N–H and O–H groups in total. The monoisotopic (exact) mass is 237 g/mol. The SMILES string of the molecule is CCCCCCCCOc1ccncc1CO. The van der Waals surface area contributed by atoms with E-state index in [1.54, 1.807) is 12.4 Å². The first-order chi connectivity index (χ1) is 8.38. The molecule has 1 rings (SSSR count). The van der Waals surface area contributed by atoms with Gasteiger partial charge in [-0.15, -0.1) is 0 Å². The molecule has 0 aromatic carbocycles. The summed E-state index contributed by atoms with van der Waals surface area (Å²) in [4.78, 5) is 3.95. The van der Waals surface area contributed by atoms with Crippen molar-refractivity contribution >= 4 is 0 Å². The Balaban J connectivity index is 2.13. The maximum atomic E-state index is 9.10. The van der Waals surface area contributed by atoms with E-state index in [0.29, 0.717) is 0 Å². The number of aliphatic hydroxyl groups excluding tert-OH is 1. The molecule has 0 aliphatic rings. The highest BCUT2D eigenvalue weighted by molar-refractivity contribution is 5.29. The van der Waals surface area contributed by atoms with Gasteiger partial charge in [0.25, 0.3) is 0 Å². The lowest BCUT2D eigenvalue weighted by Gasteiger charge is -2.09. The van der Waals surface area contributed by atoms with Crippen molar-refractivity contribution in [1.82, 2.24) is 4.98 Å². The van der Waals surface area contributed by atoms with Crippen LogP contribution in [0.4, 0.5) is 0 Å². The Morgan fingerprint density at radius 2 is 1.94 bits per heavy atom. The van der Waals surface area contributed by atoms with Crippen molar-refractivity contribution in [2.45, 2.75) is 52.1 Å². The van der Waals surface area contributed by atoms with Crippen molar-refractivity contribution in [3.05, 3.63) is 24.0 Å². The predicted molar refractivity (Wildman–Crippen MR) is 69.0 cm³/mol. The summed E-state index contributed by atoms with van der Waals surface area (Å²) < 4.78 is 5.63. The summed E-state index contributed by atoms with van der Waals surface area (Å²) in [6.45, 7) is 2.94. The van der Waals surface area contributed by atoms with E-state index in [-0.39, 0.29) is 6.61 Å². The Morgan fingerprint density at radius 3 is 2.71 bits per heavy atom. The summed E-state index contributed by atoms with van der Waals surface area (Å²) in [5, 5.41) is 9.10. The molecule has 0 saturated heterocycles. The topological polar surface area (TPSA) is 42.4 Å². The summed E-state index contributed by atoms with van der Waals surface area (Å²) in [5.41, 5.74) is 0.762. The molecule has 1 aromatic rings. The lowest BCUT2D eigenvalue weighted by atomic mass is 10.1. The number of pyridine rings is 1. The van der Waals surface area contributed by atoms with E-state index < -0.39 is 0 Å². The molecule has 0 atom stereocenters. The fourth-order valence-corrected chi connectivity index (χ4v) is 1.74. The van der Waals surface area contributed by atoms with Crippen LogP contribution in [0.1, 0.15) is 51.0 Å². The average Bonchev–Trinajstić information content (AvgIpc) is 2.38. The minimum atomic E-state index is -0.0142. The van der Waals surface area contributed by atoms with Crippen LogP contribution in [0.5, 0.6) is 5.75 Å². The zero-order chi connectivity index (χ0) is 12.3. The largest absolute Gasteiger partial charge is 0.493 e. The highest BCUT2D eigenvalue weighted by atomic mass is 16.5. The number of aromatic nitrogens is 1. The normalized spacial score (nSPS) is 10.5. The van der Waals surface area contributed by atoms with Crippen LogP contribution in [0.2, 0.25) is 0 Å².